The van der Waals surface area contributed by atoms with E-state index in [-0.39, 0.29) is 17.2 Å². The molecule has 0 atom stereocenters. The zero-order valence-electron chi connectivity index (χ0n) is 15.6. The van der Waals surface area contributed by atoms with Gasteiger partial charge in [-0.05, 0) is 48.6 Å². The Morgan fingerprint density at radius 1 is 1.17 bits per heavy atom. The molecular weight excluding hydrogens is 412 g/mol. The molecule has 1 aliphatic rings. The molecule has 10 heteroatoms. The fourth-order valence-electron chi connectivity index (χ4n) is 3.09. The molecular formula is C19H20N4O4S2. The van der Waals surface area contributed by atoms with Crippen LogP contribution >= 0.6 is 11.3 Å². The maximum atomic E-state index is 12.5. The predicted molar refractivity (Wildman–Crippen MR) is 109 cm³/mol. The summed E-state index contributed by atoms with van der Waals surface area (Å²) >= 11 is 1.52. The van der Waals surface area contributed by atoms with Crippen molar-refractivity contribution in [1.82, 2.24) is 14.4 Å². The van der Waals surface area contributed by atoms with Crippen molar-refractivity contribution in [2.75, 3.05) is 18.4 Å². The summed E-state index contributed by atoms with van der Waals surface area (Å²) in [4.78, 5) is 17.6. The van der Waals surface area contributed by atoms with Gasteiger partial charge in [-0.1, -0.05) is 11.2 Å². The minimum atomic E-state index is -3.45. The zero-order valence-corrected chi connectivity index (χ0v) is 17.2. The summed E-state index contributed by atoms with van der Waals surface area (Å²) < 4.78 is 31.7. The third-order valence-electron chi connectivity index (χ3n) is 4.62. The molecule has 1 amide bonds. The average molecular weight is 433 g/mol. The van der Waals surface area contributed by atoms with Gasteiger partial charge in [0, 0.05) is 31.6 Å². The molecule has 1 saturated heterocycles. The standard InChI is InChI=1S/C19H20N4O4S2/c24-17(9-10-18-21-19(22-27-18)16-4-3-13-28-16)20-14-5-7-15(8-6-14)29(25,26)23-11-1-2-12-23/h3-8,13H,1-2,9-12H2,(H,20,24). The maximum Gasteiger partial charge on any atom is 0.243 e. The first kappa shape index (κ1) is 19.7. The van der Waals surface area contributed by atoms with Crippen LogP contribution in [0.25, 0.3) is 10.7 Å². The average Bonchev–Trinajstić information content (AvgIpc) is 3.49. The maximum absolute atomic E-state index is 12.5. The van der Waals surface area contributed by atoms with E-state index in [1.54, 1.807) is 12.1 Å². The van der Waals surface area contributed by atoms with E-state index in [2.05, 4.69) is 15.5 Å². The number of rotatable bonds is 7. The van der Waals surface area contributed by atoms with Crippen molar-refractivity contribution in [3.63, 3.8) is 0 Å². The second-order valence-electron chi connectivity index (χ2n) is 6.67. The van der Waals surface area contributed by atoms with Crippen LogP contribution in [0.5, 0.6) is 0 Å². The van der Waals surface area contributed by atoms with E-state index in [0.717, 1.165) is 17.7 Å². The smallest absolute Gasteiger partial charge is 0.243 e. The molecule has 0 spiro atoms. The zero-order chi connectivity index (χ0) is 20.3. The predicted octanol–water partition coefficient (Wildman–Crippen LogP) is 3.15. The Kier molecular flexibility index (Phi) is 5.74. The Bertz CT molecular complexity index is 1070. The van der Waals surface area contributed by atoms with Crippen LogP contribution in [0, 0.1) is 0 Å². The number of aryl methyl sites for hydroxylation is 1. The van der Waals surface area contributed by atoms with Crippen molar-refractivity contribution in [2.24, 2.45) is 0 Å². The lowest BCUT2D eigenvalue weighted by Gasteiger charge is -2.15. The number of thiophene rings is 1. The number of benzene rings is 1. The molecule has 1 aliphatic heterocycles. The Morgan fingerprint density at radius 3 is 2.62 bits per heavy atom. The second-order valence-corrected chi connectivity index (χ2v) is 9.56. The van der Waals surface area contributed by atoms with Crippen molar-refractivity contribution < 1.29 is 17.7 Å². The van der Waals surface area contributed by atoms with Gasteiger partial charge in [0.2, 0.25) is 27.6 Å². The van der Waals surface area contributed by atoms with E-state index in [1.165, 1.54) is 27.8 Å². The van der Waals surface area contributed by atoms with Crippen molar-refractivity contribution >= 4 is 33.0 Å². The SMILES string of the molecule is O=C(CCc1nc(-c2cccs2)no1)Nc1ccc(S(=O)(=O)N2CCCC2)cc1. The van der Waals surface area contributed by atoms with Gasteiger partial charge in [-0.3, -0.25) is 4.79 Å². The van der Waals surface area contributed by atoms with Gasteiger partial charge in [0.25, 0.3) is 0 Å². The van der Waals surface area contributed by atoms with Crippen LogP contribution < -0.4 is 5.32 Å². The summed E-state index contributed by atoms with van der Waals surface area (Å²) in [5, 5.41) is 8.61. The van der Waals surface area contributed by atoms with Crippen molar-refractivity contribution in [3.8, 4) is 10.7 Å². The summed E-state index contributed by atoms with van der Waals surface area (Å²) in [5.41, 5.74) is 0.542. The number of amides is 1. The van der Waals surface area contributed by atoms with E-state index in [9.17, 15) is 13.2 Å². The summed E-state index contributed by atoms with van der Waals surface area (Å²) in [5.74, 6) is 0.705. The van der Waals surface area contributed by atoms with Crippen LogP contribution in [-0.4, -0.2) is 41.9 Å². The first-order chi connectivity index (χ1) is 14.0. The van der Waals surface area contributed by atoms with Crippen LogP contribution in [0.3, 0.4) is 0 Å². The van der Waals surface area contributed by atoms with Crippen molar-refractivity contribution in [1.29, 1.82) is 0 Å². The highest BCUT2D eigenvalue weighted by Gasteiger charge is 2.26. The van der Waals surface area contributed by atoms with Gasteiger partial charge in [0.1, 0.15) is 0 Å². The van der Waals surface area contributed by atoms with Gasteiger partial charge in [0.05, 0.1) is 9.77 Å². The molecule has 4 rings (SSSR count). The number of anilines is 1. The third-order valence-corrected chi connectivity index (χ3v) is 7.40. The fourth-order valence-corrected chi connectivity index (χ4v) is 5.26. The van der Waals surface area contributed by atoms with E-state index in [1.807, 2.05) is 17.5 Å². The molecule has 0 radical (unpaired) electrons. The summed E-state index contributed by atoms with van der Waals surface area (Å²) in [7, 11) is -3.45. The van der Waals surface area contributed by atoms with Gasteiger partial charge >= 0.3 is 0 Å². The summed E-state index contributed by atoms with van der Waals surface area (Å²) in [6.45, 7) is 1.12. The molecule has 0 aliphatic carbocycles. The van der Waals surface area contributed by atoms with E-state index in [4.69, 9.17) is 4.52 Å². The molecule has 3 aromatic rings. The molecule has 1 N–H and O–H groups in total. The first-order valence-electron chi connectivity index (χ1n) is 9.29. The lowest BCUT2D eigenvalue weighted by Crippen LogP contribution is -2.27. The minimum absolute atomic E-state index is 0.180. The molecule has 0 unspecified atom stereocenters. The number of carbonyl (C=O) groups excluding carboxylic acids is 1. The second kappa shape index (κ2) is 8.44. The van der Waals surface area contributed by atoms with E-state index >= 15 is 0 Å². The summed E-state index contributed by atoms with van der Waals surface area (Å²) in [6.07, 6.45) is 2.29. The normalized spacial score (nSPS) is 14.9. The molecule has 152 valence electrons. The molecule has 0 bridgehead atoms. The Balaban J connectivity index is 1.32. The Morgan fingerprint density at radius 2 is 1.93 bits per heavy atom. The lowest BCUT2D eigenvalue weighted by atomic mass is 10.2. The number of nitrogens with zero attached hydrogens (tertiary/aromatic N) is 3. The number of sulfonamides is 1. The highest BCUT2D eigenvalue weighted by Crippen LogP contribution is 2.23. The van der Waals surface area contributed by atoms with Crippen LogP contribution in [0.2, 0.25) is 0 Å². The number of hydrogen-bond donors (Lipinski definition) is 1. The van der Waals surface area contributed by atoms with Crippen LogP contribution in [0.15, 0.2) is 51.2 Å². The van der Waals surface area contributed by atoms with Gasteiger partial charge in [-0.2, -0.15) is 9.29 Å². The monoisotopic (exact) mass is 432 g/mol. The fraction of sp³-hybridized carbons (Fsp3) is 0.316. The summed E-state index contributed by atoms with van der Waals surface area (Å²) in [6, 6.07) is 10.1. The Labute approximate surface area is 172 Å². The van der Waals surface area contributed by atoms with E-state index in [0.29, 0.717) is 36.9 Å². The number of aromatic nitrogens is 2. The molecule has 8 nitrogen and oxygen atoms in total. The molecule has 1 fully saturated rings. The lowest BCUT2D eigenvalue weighted by molar-refractivity contribution is -0.116. The van der Waals surface area contributed by atoms with Crippen molar-refractivity contribution in [2.45, 2.75) is 30.6 Å². The molecule has 0 saturated carbocycles. The van der Waals surface area contributed by atoms with Gasteiger partial charge in [0.15, 0.2) is 0 Å². The van der Waals surface area contributed by atoms with Crippen LogP contribution in [-0.2, 0) is 21.2 Å². The van der Waals surface area contributed by atoms with Gasteiger partial charge < -0.3 is 9.84 Å². The molecule has 2 aromatic heterocycles. The quantitative estimate of drug-likeness (QED) is 0.615. The number of hydrogen-bond acceptors (Lipinski definition) is 7. The third kappa shape index (κ3) is 4.55. The van der Waals surface area contributed by atoms with Crippen LogP contribution in [0.4, 0.5) is 5.69 Å². The van der Waals surface area contributed by atoms with Crippen molar-refractivity contribution in [3.05, 3.63) is 47.7 Å². The number of nitrogens with one attached hydrogen (secondary N) is 1. The first-order valence-corrected chi connectivity index (χ1v) is 11.6. The molecule has 1 aromatic carbocycles. The highest BCUT2D eigenvalue weighted by molar-refractivity contribution is 7.89. The van der Waals surface area contributed by atoms with E-state index < -0.39 is 10.0 Å². The Hall–Kier alpha value is -2.56. The molecule has 3 heterocycles. The number of carbonyl (C=O) groups is 1. The van der Waals surface area contributed by atoms with Crippen LogP contribution in [0.1, 0.15) is 25.2 Å². The largest absolute Gasteiger partial charge is 0.339 e. The highest BCUT2D eigenvalue weighted by atomic mass is 32.2. The minimum Gasteiger partial charge on any atom is -0.339 e. The van der Waals surface area contributed by atoms with Gasteiger partial charge in [-0.25, -0.2) is 8.42 Å². The topological polar surface area (TPSA) is 105 Å². The molecule has 29 heavy (non-hydrogen) atoms. The van der Waals surface area contributed by atoms with Gasteiger partial charge in [-0.15, -0.1) is 11.3 Å².